The Morgan fingerprint density at radius 3 is 2.77 bits per heavy atom. The van der Waals surface area contributed by atoms with E-state index < -0.39 is 0 Å². The number of fused-ring (bicyclic) bond motifs is 5. The molecule has 0 bridgehead atoms. The van der Waals surface area contributed by atoms with E-state index in [1.807, 2.05) is 18.3 Å². The number of hydrogen-bond acceptors (Lipinski definition) is 6. The molecule has 0 radical (unpaired) electrons. The summed E-state index contributed by atoms with van der Waals surface area (Å²) < 4.78 is 0. The summed E-state index contributed by atoms with van der Waals surface area (Å²) in [7, 11) is 0. The van der Waals surface area contributed by atoms with E-state index >= 15 is 0 Å². The number of nitrogens with zero attached hydrogens (tertiary/aromatic N) is 3. The highest BCUT2D eigenvalue weighted by atomic mass is 16.1. The summed E-state index contributed by atoms with van der Waals surface area (Å²) in [4.78, 5) is 35.4. The van der Waals surface area contributed by atoms with Crippen LogP contribution in [0.2, 0.25) is 0 Å². The van der Waals surface area contributed by atoms with Gasteiger partial charge in [-0.2, -0.15) is 0 Å². The van der Waals surface area contributed by atoms with Gasteiger partial charge in [0.2, 0.25) is 0 Å². The largest absolute Gasteiger partial charge is 0.382 e. The average molecular weight is 529 g/mol. The summed E-state index contributed by atoms with van der Waals surface area (Å²) in [5.74, 6) is 3.16. The smallest absolute Gasteiger partial charge is 0.178 e. The quantitative estimate of drug-likeness (QED) is 0.506. The molecule has 5 aliphatic rings. The van der Waals surface area contributed by atoms with Gasteiger partial charge in [0.25, 0.3) is 0 Å². The fraction of sp³-hybridized carbons (Fsp3) is 0.606. The molecule has 0 unspecified atom stereocenters. The molecule has 6 atom stereocenters. The molecule has 1 aromatic rings. The second-order valence-corrected chi connectivity index (χ2v) is 13.1. The minimum Gasteiger partial charge on any atom is -0.382 e. The lowest BCUT2D eigenvalue weighted by Crippen LogP contribution is -2.51. The van der Waals surface area contributed by atoms with Crippen LogP contribution in [0.25, 0.3) is 0 Å². The molecule has 2 heterocycles. The monoisotopic (exact) mass is 528 g/mol. The van der Waals surface area contributed by atoms with Crippen molar-refractivity contribution in [2.75, 3.05) is 49.5 Å². The van der Waals surface area contributed by atoms with Gasteiger partial charge in [0, 0.05) is 50.3 Å². The minimum absolute atomic E-state index is 0.0208. The van der Waals surface area contributed by atoms with E-state index in [0.29, 0.717) is 30.1 Å². The number of allylic oxidation sites excluding steroid dienone is 6. The highest BCUT2D eigenvalue weighted by Gasteiger charge is 2.59. The predicted molar refractivity (Wildman–Crippen MR) is 157 cm³/mol. The first-order valence-corrected chi connectivity index (χ1v) is 15.1. The molecular weight excluding hydrogens is 484 g/mol. The van der Waals surface area contributed by atoms with Crippen LogP contribution in [0.15, 0.2) is 53.8 Å². The van der Waals surface area contributed by atoms with Gasteiger partial charge in [-0.05, 0) is 87.0 Å². The molecule has 1 N–H and O–H groups in total. The van der Waals surface area contributed by atoms with Crippen LogP contribution in [0.4, 0.5) is 11.5 Å². The van der Waals surface area contributed by atoms with Gasteiger partial charge >= 0.3 is 0 Å². The molecule has 3 fully saturated rings. The van der Waals surface area contributed by atoms with Crippen molar-refractivity contribution in [3.05, 3.63) is 53.8 Å². The number of carbonyl (C=O) groups is 2. The molecule has 1 aliphatic heterocycles. The normalized spacial score (nSPS) is 36.0. The maximum Gasteiger partial charge on any atom is 0.178 e. The van der Waals surface area contributed by atoms with Gasteiger partial charge in [-0.15, -0.1) is 0 Å². The Bertz CT molecular complexity index is 1240. The molecule has 208 valence electrons. The molecule has 1 aromatic heterocycles. The first-order valence-electron chi connectivity index (χ1n) is 15.1. The molecule has 6 nitrogen and oxygen atoms in total. The number of hydrogen-bond donors (Lipinski definition) is 1. The van der Waals surface area contributed by atoms with Gasteiger partial charge in [0.05, 0.1) is 12.2 Å². The Morgan fingerprint density at radius 1 is 1.21 bits per heavy atom. The van der Waals surface area contributed by atoms with Crippen LogP contribution in [0.3, 0.4) is 0 Å². The zero-order valence-corrected chi connectivity index (χ0v) is 24.1. The van der Waals surface area contributed by atoms with E-state index in [-0.39, 0.29) is 22.5 Å². The van der Waals surface area contributed by atoms with Gasteiger partial charge in [-0.25, -0.2) is 4.98 Å². The Labute approximate surface area is 233 Å². The summed E-state index contributed by atoms with van der Waals surface area (Å²) in [6.45, 7) is 14.1. The zero-order valence-electron chi connectivity index (χ0n) is 24.1. The van der Waals surface area contributed by atoms with Crippen molar-refractivity contribution >= 4 is 23.1 Å². The van der Waals surface area contributed by atoms with Gasteiger partial charge in [0.1, 0.15) is 0 Å². The molecular formula is C33H44N4O2. The van der Waals surface area contributed by atoms with Gasteiger partial charge in [0.15, 0.2) is 17.4 Å². The molecule has 6 rings (SSSR count). The zero-order chi connectivity index (χ0) is 27.4. The third-order valence-electron chi connectivity index (χ3n) is 10.8. The fourth-order valence-corrected chi connectivity index (χ4v) is 8.99. The Balaban J connectivity index is 1.14. The highest BCUT2D eigenvalue weighted by molar-refractivity contribution is 6.01. The number of carbonyl (C=O) groups excluding carboxylic acids is 2. The van der Waals surface area contributed by atoms with Crippen LogP contribution in [-0.4, -0.2) is 60.7 Å². The van der Waals surface area contributed by atoms with E-state index in [2.05, 4.69) is 66.0 Å². The van der Waals surface area contributed by atoms with Gasteiger partial charge in [-0.3, -0.25) is 14.5 Å². The van der Waals surface area contributed by atoms with Crippen LogP contribution >= 0.6 is 0 Å². The van der Waals surface area contributed by atoms with E-state index in [4.69, 9.17) is 0 Å². The number of aromatic nitrogens is 1. The number of Topliss-reactive ketones (excluding diaryl/α,β-unsaturated/α-hetero) is 1. The highest BCUT2D eigenvalue weighted by Crippen LogP contribution is 2.65. The van der Waals surface area contributed by atoms with E-state index in [1.54, 1.807) is 6.08 Å². The van der Waals surface area contributed by atoms with Crippen LogP contribution in [0, 0.1) is 34.5 Å². The second kappa shape index (κ2) is 10.0. The SMILES string of the molecule is CCNc1cccnc1N1CCN(CC(=O)[C@H]2[C@H](C)C[C@H]3[C@@H]4CCC5=CC(=O)C=C[C@]5(C)C4=CC[C@@]32C)CC1. The lowest BCUT2D eigenvalue weighted by molar-refractivity contribution is -0.129. The lowest BCUT2D eigenvalue weighted by Gasteiger charge is -2.52. The van der Waals surface area contributed by atoms with Crippen molar-refractivity contribution < 1.29 is 9.59 Å². The summed E-state index contributed by atoms with van der Waals surface area (Å²) in [5.41, 5.74) is 3.77. The number of anilines is 2. The predicted octanol–water partition coefficient (Wildman–Crippen LogP) is 5.29. The Hall–Kier alpha value is -2.73. The average Bonchev–Trinajstić information content (AvgIpc) is 3.20. The number of pyridine rings is 1. The van der Waals surface area contributed by atoms with E-state index in [9.17, 15) is 9.59 Å². The molecule has 0 amide bonds. The maximum absolute atomic E-state index is 14.0. The first kappa shape index (κ1) is 26.5. The van der Waals surface area contributed by atoms with Crippen LogP contribution in [0.1, 0.15) is 53.4 Å². The number of ketones is 2. The summed E-state index contributed by atoms with van der Waals surface area (Å²) in [6.07, 6.45) is 14.3. The third kappa shape index (κ3) is 4.39. The standard InChI is InChI=1S/C33H44N4O2/c1-5-34-28-7-6-14-35-31(28)37-17-15-36(16-18-37)21-29(39)30-22(2)19-27-25-9-8-23-20-24(38)10-12-32(23,3)26(25)11-13-33(27,30)4/h6-7,10-12,14,20,22,25,27,30,34H,5,8-9,13,15-19,21H2,1-4H3/t22-,25-,27+,30-,32+,33+/m1/s1. The number of rotatable bonds is 6. The van der Waals surface area contributed by atoms with E-state index in [1.165, 1.54) is 11.1 Å². The van der Waals surface area contributed by atoms with Crippen molar-refractivity contribution in [3.8, 4) is 0 Å². The minimum atomic E-state index is -0.122. The van der Waals surface area contributed by atoms with Crippen molar-refractivity contribution in [2.45, 2.75) is 53.4 Å². The Morgan fingerprint density at radius 2 is 2.00 bits per heavy atom. The molecule has 39 heavy (non-hydrogen) atoms. The van der Waals surface area contributed by atoms with Gasteiger partial charge < -0.3 is 10.2 Å². The lowest BCUT2D eigenvalue weighted by atomic mass is 9.52. The molecule has 0 spiro atoms. The molecule has 1 saturated heterocycles. The molecule has 4 aliphatic carbocycles. The summed E-state index contributed by atoms with van der Waals surface area (Å²) in [5, 5.41) is 3.43. The molecule has 6 heteroatoms. The second-order valence-electron chi connectivity index (χ2n) is 13.1. The summed E-state index contributed by atoms with van der Waals surface area (Å²) >= 11 is 0. The van der Waals surface area contributed by atoms with Crippen LogP contribution in [-0.2, 0) is 9.59 Å². The van der Waals surface area contributed by atoms with E-state index in [0.717, 1.165) is 69.9 Å². The number of piperazine rings is 1. The first-order chi connectivity index (χ1) is 18.7. The van der Waals surface area contributed by atoms with Crippen LogP contribution in [0.5, 0.6) is 0 Å². The van der Waals surface area contributed by atoms with Crippen LogP contribution < -0.4 is 10.2 Å². The topological polar surface area (TPSA) is 65.5 Å². The van der Waals surface area contributed by atoms with Gasteiger partial charge in [-0.1, -0.05) is 37.1 Å². The Kier molecular flexibility index (Phi) is 6.81. The fourth-order valence-electron chi connectivity index (χ4n) is 8.99. The van der Waals surface area contributed by atoms with Crippen molar-refractivity contribution in [2.24, 2.45) is 34.5 Å². The van der Waals surface area contributed by atoms with Crippen molar-refractivity contribution in [3.63, 3.8) is 0 Å². The summed E-state index contributed by atoms with van der Waals surface area (Å²) in [6, 6.07) is 4.07. The molecule has 0 aromatic carbocycles. The van der Waals surface area contributed by atoms with Crippen molar-refractivity contribution in [1.82, 2.24) is 9.88 Å². The third-order valence-corrected chi connectivity index (χ3v) is 10.8. The maximum atomic E-state index is 14.0. The molecule has 2 saturated carbocycles. The van der Waals surface area contributed by atoms with Crippen molar-refractivity contribution in [1.29, 1.82) is 0 Å². The number of nitrogens with one attached hydrogen (secondary N) is 1.